The van der Waals surface area contributed by atoms with Crippen molar-refractivity contribution in [1.29, 1.82) is 0 Å². The van der Waals surface area contributed by atoms with Crippen LogP contribution < -0.4 is 10.1 Å². The molecule has 1 N–H and O–H groups in total. The third kappa shape index (κ3) is 4.94. The van der Waals surface area contributed by atoms with Crippen LogP contribution in [0.1, 0.15) is 60.1 Å². The number of aromatic nitrogens is 2. The zero-order valence-corrected chi connectivity index (χ0v) is 24.0. The summed E-state index contributed by atoms with van der Waals surface area (Å²) in [5, 5.41) is 20.4. The fraction of sp³-hybridized carbons (Fsp3) is 0.333. The summed E-state index contributed by atoms with van der Waals surface area (Å²) in [5.41, 5.74) is 3.00. The number of benzene rings is 3. The van der Waals surface area contributed by atoms with Gasteiger partial charge in [0.1, 0.15) is 11.5 Å². The van der Waals surface area contributed by atoms with Crippen LogP contribution in [0, 0.1) is 34.8 Å². The standard InChI is InChI=1S/C33H31ClN4O4/c1-20-9-24(34)7-8-30(20)42-28-14-25(13-27(15-28)38(40)41)35-32(39)29-19-37(26-5-3-2-4-6-26)36-31(29)33-16-21-10-22(17-33)12-23(11-21)18-33/h2-9,13-15,19,21-23H,10-12,16-18H2,1H3,(H,35,39). The van der Waals surface area contributed by atoms with Crippen LogP contribution in [-0.4, -0.2) is 20.6 Å². The fourth-order valence-corrected chi connectivity index (χ4v) is 8.14. The van der Waals surface area contributed by atoms with Gasteiger partial charge in [-0.2, -0.15) is 5.10 Å². The number of aryl methyl sites for hydroxylation is 1. The van der Waals surface area contributed by atoms with Gasteiger partial charge < -0.3 is 10.1 Å². The summed E-state index contributed by atoms with van der Waals surface area (Å²) in [6.45, 7) is 1.84. The Morgan fingerprint density at radius 2 is 1.71 bits per heavy atom. The largest absolute Gasteiger partial charge is 0.457 e. The quantitative estimate of drug-likeness (QED) is 0.175. The molecule has 1 amide bonds. The highest BCUT2D eigenvalue weighted by Crippen LogP contribution is 2.61. The maximum atomic E-state index is 14.0. The fourth-order valence-electron chi connectivity index (χ4n) is 7.92. The van der Waals surface area contributed by atoms with Crippen LogP contribution in [0.15, 0.2) is 72.9 Å². The normalized spacial score (nSPS) is 24.0. The van der Waals surface area contributed by atoms with E-state index in [1.807, 2.05) is 43.5 Å². The number of carbonyl (C=O) groups excluding carboxylic acids is 1. The third-order valence-electron chi connectivity index (χ3n) is 9.24. The van der Waals surface area contributed by atoms with Gasteiger partial charge in [0.25, 0.3) is 11.6 Å². The minimum Gasteiger partial charge on any atom is -0.457 e. The Kier molecular flexibility index (Phi) is 6.54. The summed E-state index contributed by atoms with van der Waals surface area (Å²) >= 11 is 6.08. The SMILES string of the molecule is Cc1cc(Cl)ccc1Oc1cc(NC(=O)c2cn(-c3ccccc3)nc2C23CC4CC(CC(C4)C2)C3)cc([N+](=O)[O-])c1. The number of non-ortho nitro benzene ring substituents is 1. The number of nitrogens with zero attached hydrogens (tertiary/aromatic N) is 3. The highest BCUT2D eigenvalue weighted by molar-refractivity contribution is 6.30. The van der Waals surface area contributed by atoms with Crippen molar-refractivity contribution in [3.63, 3.8) is 0 Å². The Balaban J connectivity index is 1.25. The maximum Gasteiger partial charge on any atom is 0.275 e. The molecule has 3 aromatic carbocycles. The molecular formula is C33H31ClN4O4. The van der Waals surface area contributed by atoms with Crippen LogP contribution in [0.2, 0.25) is 5.02 Å². The Hall–Kier alpha value is -4.17. The van der Waals surface area contributed by atoms with Gasteiger partial charge in [-0.25, -0.2) is 4.68 Å². The molecule has 4 aliphatic carbocycles. The van der Waals surface area contributed by atoms with Crippen LogP contribution in [0.3, 0.4) is 0 Å². The summed E-state index contributed by atoms with van der Waals surface area (Å²) in [4.78, 5) is 25.3. The molecule has 1 heterocycles. The molecule has 42 heavy (non-hydrogen) atoms. The second kappa shape index (κ2) is 10.3. The van der Waals surface area contributed by atoms with E-state index in [-0.39, 0.29) is 28.4 Å². The summed E-state index contributed by atoms with van der Waals surface area (Å²) in [7, 11) is 0. The monoisotopic (exact) mass is 582 g/mol. The number of rotatable bonds is 7. The van der Waals surface area contributed by atoms with Crippen molar-refractivity contribution in [3.8, 4) is 17.2 Å². The molecule has 0 atom stereocenters. The van der Waals surface area contributed by atoms with E-state index in [4.69, 9.17) is 21.4 Å². The number of ether oxygens (including phenoxy) is 1. The minimum atomic E-state index is -0.495. The Morgan fingerprint density at radius 1 is 1.02 bits per heavy atom. The molecule has 9 heteroatoms. The lowest BCUT2D eigenvalue weighted by atomic mass is 9.48. The molecule has 4 bridgehead atoms. The highest BCUT2D eigenvalue weighted by Gasteiger charge is 2.54. The molecule has 4 saturated carbocycles. The lowest BCUT2D eigenvalue weighted by Gasteiger charge is -2.56. The van der Waals surface area contributed by atoms with Crippen LogP contribution >= 0.6 is 11.6 Å². The Labute approximate surface area is 248 Å². The average molecular weight is 583 g/mol. The first kappa shape index (κ1) is 26.7. The van der Waals surface area contributed by atoms with E-state index in [1.165, 1.54) is 31.4 Å². The number of para-hydroxylation sites is 1. The summed E-state index contributed by atoms with van der Waals surface area (Å²) in [6.07, 6.45) is 8.82. The predicted octanol–water partition coefficient (Wildman–Crippen LogP) is 8.25. The van der Waals surface area contributed by atoms with Crippen molar-refractivity contribution in [2.45, 2.75) is 50.9 Å². The number of nitrogens with one attached hydrogen (secondary N) is 1. The lowest BCUT2D eigenvalue weighted by molar-refractivity contribution is -0.384. The number of hydrogen-bond donors (Lipinski definition) is 1. The van der Waals surface area contributed by atoms with E-state index in [1.54, 1.807) is 28.9 Å². The Morgan fingerprint density at radius 3 is 2.36 bits per heavy atom. The molecule has 8 nitrogen and oxygen atoms in total. The van der Waals surface area contributed by atoms with Crippen molar-refractivity contribution in [3.05, 3.63) is 105 Å². The molecule has 4 aromatic rings. The minimum absolute atomic E-state index is 0.121. The van der Waals surface area contributed by atoms with E-state index in [9.17, 15) is 14.9 Å². The van der Waals surface area contributed by atoms with E-state index in [2.05, 4.69) is 5.32 Å². The number of anilines is 1. The van der Waals surface area contributed by atoms with Crippen LogP contribution in [0.4, 0.5) is 11.4 Å². The first-order valence-corrected chi connectivity index (χ1v) is 14.8. The van der Waals surface area contributed by atoms with Crippen LogP contribution in [-0.2, 0) is 5.41 Å². The predicted molar refractivity (Wildman–Crippen MR) is 161 cm³/mol. The van der Waals surface area contributed by atoms with Gasteiger partial charge in [-0.05, 0) is 99.1 Å². The second-order valence-electron chi connectivity index (χ2n) is 12.3. The molecule has 214 valence electrons. The van der Waals surface area contributed by atoms with E-state index < -0.39 is 4.92 Å². The molecule has 0 saturated heterocycles. The molecule has 0 spiro atoms. The average Bonchev–Trinajstić information content (AvgIpc) is 3.41. The number of carbonyl (C=O) groups is 1. The van der Waals surface area contributed by atoms with Gasteiger partial charge in [0.2, 0.25) is 0 Å². The number of nitro groups is 1. The first-order chi connectivity index (χ1) is 20.2. The summed E-state index contributed by atoms with van der Waals surface area (Å²) in [5.74, 6) is 2.47. The zero-order chi connectivity index (χ0) is 29.0. The van der Waals surface area contributed by atoms with E-state index in [0.29, 0.717) is 34.1 Å². The van der Waals surface area contributed by atoms with Crippen LogP contribution in [0.25, 0.3) is 5.69 Å². The van der Waals surface area contributed by atoms with E-state index >= 15 is 0 Å². The van der Waals surface area contributed by atoms with Gasteiger partial charge in [0.05, 0.1) is 33.6 Å². The molecule has 0 unspecified atom stereocenters. The van der Waals surface area contributed by atoms with Crippen LogP contribution in [0.5, 0.6) is 11.5 Å². The van der Waals surface area contributed by atoms with Crippen molar-refractivity contribution in [1.82, 2.24) is 9.78 Å². The number of amides is 1. The van der Waals surface area contributed by atoms with E-state index in [0.717, 1.165) is 36.2 Å². The second-order valence-corrected chi connectivity index (χ2v) is 12.7. The van der Waals surface area contributed by atoms with Gasteiger partial charge in [-0.3, -0.25) is 14.9 Å². The number of hydrogen-bond acceptors (Lipinski definition) is 5. The molecular weight excluding hydrogens is 552 g/mol. The topological polar surface area (TPSA) is 99.3 Å². The molecule has 8 rings (SSSR count). The number of nitro benzene ring substituents is 1. The molecule has 4 fully saturated rings. The van der Waals surface area contributed by atoms with Gasteiger partial charge in [-0.15, -0.1) is 0 Å². The smallest absolute Gasteiger partial charge is 0.275 e. The third-order valence-corrected chi connectivity index (χ3v) is 9.48. The molecule has 0 radical (unpaired) electrons. The lowest BCUT2D eigenvalue weighted by Crippen LogP contribution is -2.49. The highest BCUT2D eigenvalue weighted by atomic mass is 35.5. The van der Waals surface area contributed by atoms with Crippen molar-refractivity contribution >= 4 is 28.9 Å². The number of halogens is 1. The summed E-state index contributed by atoms with van der Waals surface area (Å²) < 4.78 is 7.80. The Bertz CT molecular complexity index is 1660. The van der Waals surface area contributed by atoms with Gasteiger partial charge in [-0.1, -0.05) is 29.8 Å². The zero-order valence-electron chi connectivity index (χ0n) is 23.3. The van der Waals surface area contributed by atoms with Gasteiger partial charge in [0.15, 0.2) is 0 Å². The van der Waals surface area contributed by atoms with Crippen molar-refractivity contribution in [2.75, 3.05) is 5.32 Å². The summed E-state index contributed by atoms with van der Waals surface area (Å²) in [6, 6.07) is 19.3. The van der Waals surface area contributed by atoms with Gasteiger partial charge >= 0.3 is 0 Å². The first-order valence-electron chi connectivity index (χ1n) is 14.4. The molecule has 0 aliphatic heterocycles. The molecule has 4 aliphatic rings. The molecule has 1 aromatic heterocycles. The van der Waals surface area contributed by atoms with Crippen molar-refractivity contribution in [2.24, 2.45) is 17.8 Å². The van der Waals surface area contributed by atoms with Gasteiger partial charge in [0, 0.05) is 28.8 Å². The maximum absolute atomic E-state index is 14.0. The van der Waals surface area contributed by atoms with Crippen molar-refractivity contribution < 1.29 is 14.5 Å².